The lowest BCUT2D eigenvalue weighted by Crippen LogP contribution is -2.28. The van der Waals surface area contributed by atoms with Gasteiger partial charge in [0.1, 0.15) is 11.5 Å². The van der Waals surface area contributed by atoms with E-state index in [1.807, 2.05) is 12.1 Å². The minimum atomic E-state index is -0.182. The smallest absolute Gasteiger partial charge is 0.269 e. The lowest BCUT2D eigenvalue weighted by molar-refractivity contribution is 0.0944. The summed E-state index contributed by atoms with van der Waals surface area (Å²) in [6, 6.07) is 9.02. The summed E-state index contributed by atoms with van der Waals surface area (Å²) in [5, 5.41) is 7.80. The first-order valence-corrected chi connectivity index (χ1v) is 8.73. The zero-order valence-electron chi connectivity index (χ0n) is 15.2. The number of carbonyl (C=O) groups is 1. The maximum atomic E-state index is 12.4. The van der Waals surface area contributed by atoms with Gasteiger partial charge in [-0.1, -0.05) is 26.0 Å². The Bertz CT molecular complexity index is 987. The molecule has 0 atom stereocenters. The molecule has 0 aliphatic carbocycles. The van der Waals surface area contributed by atoms with Gasteiger partial charge in [0.25, 0.3) is 11.5 Å². The summed E-state index contributed by atoms with van der Waals surface area (Å²) >= 11 is 0. The molecule has 0 bridgehead atoms. The average molecular weight is 353 g/mol. The molecule has 0 fully saturated rings. The molecule has 0 aliphatic rings. The van der Waals surface area contributed by atoms with Crippen LogP contribution in [-0.4, -0.2) is 32.2 Å². The highest BCUT2D eigenvalue weighted by molar-refractivity contribution is 5.92. The predicted octanol–water partition coefficient (Wildman–Crippen LogP) is 1.83. The van der Waals surface area contributed by atoms with Crippen molar-refractivity contribution in [3.63, 3.8) is 0 Å². The molecule has 0 aliphatic heterocycles. The highest BCUT2D eigenvalue weighted by Gasteiger charge is 2.14. The highest BCUT2D eigenvalue weighted by atomic mass is 16.2. The lowest BCUT2D eigenvalue weighted by Gasteiger charge is -2.06. The van der Waals surface area contributed by atoms with E-state index in [0.29, 0.717) is 41.3 Å². The predicted molar refractivity (Wildman–Crippen MR) is 100 cm³/mol. The summed E-state index contributed by atoms with van der Waals surface area (Å²) < 4.78 is 1.60. The molecular weight excluding hydrogens is 330 g/mol. The van der Waals surface area contributed by atoms with Crippen molar-refractivity contribution in [3.8, 4) is 0 Å². The van der Waals surface area contributed by atoms with Gasteiger partial charge in [-0.3, -0.25) is 14.3 Å². The zero-order valence-corrected chi connectivity index (χ0v) is 15.2. The second-order valence-electron chi connectivity index (χ2n) is 6.78. The highest BCUT2D eigenvalue weighted by Crippen LogP contribution is 2.09. The van der Waals surface area contributed by atoms with Gasteiger partial charge in [0.05, 0.1) is 16.6 Å². The van der Waals surface area contributed by atoms with Crippen LogP contribution < -0.4 is 10.9 Å². The summed E-state index contributed by atoms with van der Waals surface area (Å²) in [6.07, 6.45) is 1.28. The third kappa shape index (κ3) is 3.99. The van der Waals surface area contributed by atoms with Crippen molar-refractivity contribution < 1.29 is 4.79 Å². The van der Waals surface area contributed by atoms with Gasteiger partial charge in [0, 0.05) is 20.0 Å². The number of aromatic amines is 1. The zero-order chi connectivity index (χ0) is 18.7. The van der Waals surface area contributed by atoms with Crippen LogP contribution in [0.3, 0.4) is 0 Å². The molecule has 3 aromatic rings. The molecular formula is C19H23N5O2. The maximum Gasteiger partial charge on any atom is 0.269 e. The molecule has 0 unspecified atom stereocenters. The number of nitrogens with zero attached hydrogens (tertiary/aromatic N) is 3. The van der Waals surface area contributed by atoms with Crippen LogP contribution in [0.25, 0.3) is 10.9 Å². The Kier molecular flexibility index (Phi) is 5.16. The number of aromatic nitrogens is 4. The number of aryl methyl sites for hydroxylation is 1. The minimum Gasteiger partial charge on any atom is -0.350 e. The number of rotatable bonds is 6. The van der Waals surface area contributed by atoms with Crippen LogP contribution in [0, 0.1) is 5.92 Å². The molecule has 136 valence electrons. The van der Waals surface area contributed by atoms with E-state index < -0.39 is 0 Å². The number of nitrogens with one attached hydrogen (secondary N) is 2. The van der Waals surface area contributed by atoms with Crippen molar-refractivity contribution in [2.24, 2.45) is 13.0 Å². The second-order valence-corrected chi connectivity index (χ2v) is 6.78. The number of para-hydroxylation sites is 1. The van der Waals surface area contributed by atoms with Crippen molar-refractivity contribution in [2.75, 3.05) is 6.54 Å². The number of amides is 1. The summed E-state index contributed by atoms with van der Waals surface area (Å²) in [5.41, 5.74) is 1.93. The molecule has 0 spiro atoms. The second kappa shape index (κ2) is 7.51. The molecule has 26 heavy (non-hydrogen) atoms. The third-order valence-corrected chi connectivity index (χ3v) is 4.09. The maximum absolute atomic E-state index is 12.4. The van der Waals surface area contributed by atoms with Crippen molar-refractivity contribution in [2.45, 2.75) is 26.7 Å². The topological polar surface area (TPSA) is 92.7 Å². The van der Waals surface area contributed by atoms with Crippen LogP contribution in [0.15, 0.2) is 35.1 Å². The molecule has 3 rings (SSSR count). The summed E-state index contributed by atoms with van der Waals surface area (Å²) in [6.45, 7) is 4.61. The molecule has 0 saturated carbocycles. The van der Waals surface area contributed by atoms with E-state index in [2.05, 4.69) is 34.2 Å². The summed E-state index contributed by atoms with van der Waals surface area (Å²) in [4.78, 5) is 31.6. The normalized spacial score (nSPS) is 11.2. The van der Waals surface area contributed by atoms with Crippen LogP contribution >= 0.6 is 0 Å². The Hall–Kier alpha value is -2.96. The molecule has 7 heteroatoms. The monoisotopic (exact) mass is 353 g/mol. The number of fused-ring (bicyclic) bond motifs is 1. The third-order valence-electron chi connectivity index (χ3n) is 4.09. The van der Waals surface area contributed by atoms with Gasteiger partial charge in [-0.15, -0.1) is 0 Å². The van der Waals surface area contributed by atoms with E-state index in [-0.39, 0.29) is 11.5 Å². The fourth-order valence-electron chi connectivity index (χ4n) is 2.90. The van der Waals surface area contributed by atoms with E-state index in [1.165, 1.54) is 0 Å². The van der Waals surface area contributed by atoms with Crippen LogP contribution in [0.2, 0.25) is 0 Å². The van der Waals surface area contributed by atoms with Gasteiger partial charge >= 0.3 is 0 Å². The Morgan fingerprint density at radius 3 is 2.85 bits per heavy atom. The fraction of sp³-hybridized carbons (Fsp3) is 0.368. The van der Waals surface area contributed by atoms with E-state index in [0.717, 1.165) is 12.1 Å². The molecule has 2 heterocycles. The Labute approximate surface area is 151 Å². The number of carbonyl (C=O) groups excluding carboxylic acids is 1. The van der Waals surface area contributed by atoms with Gasteiger partial charge in [0.2, 0.25) is 0 Å². The van der Waals surface area contributed by atoms with Gasteiger partial charge in [0.15, 0.2) is 0 Å². The number of benzene rings is 1. The first kappa shape index (κ1) is 17.8. The van der Waals surface area contributed by atoms with Crippen molar-refractivity contribution in [1.29, 1.82) is 0 Å². The Morgan fingerprint density at radius 1 is 1.31 bits per heavy atom. The first-order valence-electron chi connectivity index (χ1n) is 8.73. The average Bonchev–Trinajstić information content (AvgIpc) is 2.94. The Morgan fingerprint density at radius 2 is 2.08 bits per heavy atom. The van der Waals surface area contributed by atoms with Crippen molar-refractivity contribution in [3.05, 3.63) is 57.9 Å². The number of H-pyrrole nitrogens is 1. The van der Waals surface area contributed by atoms with Crippen LogP contribution in [0.4, 0.5) is 0 Å². The quantitative estimate of drug-likeness (QED) is 0.707. The van der Waals surface area contributed by atoms with Crippen molar-refractivity contribution in [1.82, 2.24) is 25.1 Å². The SMILES string of the molecule is CC(C)Cc1cc(C(=O)NCCc2nc3ccccc3c(=O)[nH]2)n(C)n1. The molecule has 2 aromatic heterocycles. The Balaban J connectivity index is 1.64. The van der Waals surface area contributed by atoms with Crippen LogP contribution in [-0.2, 0) is 19.9 Å². The molecule has 0 saturated heterocycles. The number of hydrogen-bond donors (Lipinski definition) is 2. The van der Waals surface area contributed by atoms with E-state index >= 15 is 0 Å². The van der Waals surface area contributed by atoms with Gasteiger partial charge < -0.3 is 10.3 Å². The largest absolute Gasteiger partial charge is 0.350 e. The molecule has 0 radical (unpaired) electrons. The van der Waals surface area contributed by atoms with Gasteiger partial charge in [-0.05, 0) is 30.5 Å². The summed E-state index contributed by atoms with van der Waals surface area (Å²) in [5.74, 6) is 0.856. The minimum absolute atomic E-state index is 0.165. The fourth-order valence-corrected chi connectivity index (χ4v) is 2.90. The summed E-state index contributed by atoms with van der Waals surface area (Å²) in [7, 11) is 1.76. The molecule has 2 N–H and O–H groups in total. The van der Waals surface area contributed by atoms with E-state index in [1.54, 1.807) is 29.9 Å². The standard InChI is InChI=1S/C19H23N5O2/c1-12(2)10-13-11-16(24(3)23-13)19(26)20-9-8-17-21-15-7-5-4-6-14(15)18(25)22-17/h4-7,11-12H,8-10H2,1-3H3,(H,20,26)(H,21,22,25). The van der Waals surface area contributed by atoms with Gasteiger partial charge in [-0.25, -0.2) is 4.98 Å². The van der Waals surface area contributed by atoms with E-state index in [9.17, 15) is 9.59 Å². The van der Waals surface area contributed by atoms with E-state index in [4.69, 9.17) is 0 Å². The molecule has 1 aromatic carbocycles. The molecule has 7 nitrogen and oxygen atoms in total. The lowest BCUT2D eigenvalue weighted by atomic mass is 10.1. The van der Waals surface area contributed by atoms with Gasteiger partial charge in [-0.2, -0.15) is 5.10 Å². The first-order chi connectivity index (χ1) is 12.4. The van der Waals surface area contributed by atoms with Crippen LogP contribution in [0.1, 0.15) is 35.9 Å². The van der Waals surface area contributed by atoms with Crippen LogP contribution in [0.5, 0.6) is 0 Å². The number of hydrogen-bond acceptors (Lipinski definition) is 4. The van der Waals surface area contributed by atoms with Crippen molar-refractivity contribution >= 4 is 16.8 Å². The molecule has 1 amide bonds.